The Labute approximate surface area is 127 Å². The number of aromatic amines is 1. The zero-order chi connectivity index (χ0) is 15.0. The molecule has 0 radical (unpaired) electrons. The number of carbonyl (C=O) groups excluding carboxylic acids is 1. The van der Waals surface area contributed by atoms with Gasteiger partial charge in [-0.2, -0.15) is 0 Å². The van der Waals surface area contributed by atoms with E-state index in [1.54, 1.807) is 28.8 Å². The van der Waals surface area contributed by atoms with Crippen molar-refractivity contribution in [2.45, 2.75) is 20.4 Å². The van der Waals surface area contributed by atoms with Gasteiger partial charge in [-0.3, -0.25) is 4.79 Å². The van der Waals surface area contributed by atoms with Gasteiger partial charge in [0.25, 0.3) is 5.91 Å². The Morgan fingerprint density at radius 2 is 2.19 bits per heavy atom. The number of fused-ring (bicyclic) bond motifs is 1. The molecular formula is C16H17N3OS. The van der Waals surface area contributed by atoms with E-state index in [0.29, 0.717) is 12.1 Å². The molecule has 0 spiro atoms. The number of nitrogens with zero attached hydrogens (tertiary/aromatic N) is 2. The van der Waals surface area contributed by atoms with Gasteiger partial charge in [-0.15, -0.1) is 11.3 Å². The molecule has 108 valence electrons. The first-order chi connectivity index (χ1) is 10.1. The molecule has 21 heavy (non-hydrogen) atoms. The van der Waals surface area contributed by atoms with Crippen molar-refractivity contribution in [2.75, 3.05) is 7.05 Å². The highest BCUT2D eigenvalue weighted by Gasteiger charge is 2.14. The highest BCUT2D eigenvalue weighted by atomic mass is 32.1. The van der Waals surface area contributed by atoms with Crippen molar-refractivity contribution >= 4 is 28.1 Å². The third-order valence-corrected chi connectivity index (χ3v) is 4.42. The minimum atomic E-state index is 0.0168. The molecule has 0 atom stereocenters. The summed E-state index contributed by atoms with van der Waals surface area (Å²) in [5, 5.41) is 3.08. The lowest BCUT2D eigenvalue weighted by Gasteiger charge is -2.16. The normalized spacial score (nSPS) is 11.0. The Kier molecular flexibility index (Phi) is 3.51. The van der Waals surface area contributed by atoms with Gasteiger partial charge in [-0.05, 0) is 37.6 Å². The summed E-state index contributed by atoms with van der Waals surface area (Å²) in [7, 11) is 1.81. The Balaban J connectivity index is 1.88. The minimum Gasteiger partial charge on any atom is -0.358 e. The van der Waals surface area contributed by atoms with Crippen LogP contribution in [0.5, 0.6) is 0 Å². The fourth-order valence-electron chi connectivity index (χ4n) is 2.45. The molecule has 0 aliphatic rings. The van der Waals surface area contributed by atoms with Crippen molar-refractivity contribution in [1.82, 2.24) is 14.9 Å². The predicted octanol–water partition coefficient (Wildman–Crippen LogP) is 3.51. The number of benzene rings is 1. The molecular weight excluding hydrogens is 282 g/mol. The highest BCUT2D eigenvalue weighted by Crippen LogP contribution is 2.23. The van der Waals surface area contributed by atoms with Crippen LogP contribution in [0, 0.1) is 13.8 Å². The second-order valence-electron chi connectivity index (χ2n) is 5.28. The molecule has 3 rings (SSSR count). The highest BCUT2D eigenvalue weighted by molar-refractivity contribution is 7.07. The number of H-pyrrole nitrogens is 1. The van der Waals surface area contributed by atoms with Crippen LogP contribution in [0.1, 0.15) is 27.3 Å². The molecule has 5 heteroatoms. The van der Waals surface area contributed by atoms with Crippen LogP contribution in [0.25, 0.3) is 10.9 Å². The number of thiazole rings is 1. The monoisotopic (exact) mass is 299 g/mol. The smallest absolute Gasteiger partial charge is 0.253 e. The number of nitrogens with one attached hydrogen (secondary N) is 1. The Morgan fingerprint density at radius 1 is 1.38 bits per heavy atom. The number of carbonyl (C=O) groups is 1. The van der Waals surface area contributed by atoms with Gasteiger partial charge < -0.3 is 9.88 Å². The molecule has 1 amide bonds. The number of aryl methyl sites for hydroxylation is 2. The molecule has 0 saturated heterocycles. The first-order valence-electron chi connectivity index (χ1n) is 6.77. The van der Waals surface area contributed by atoms with Crippen molar-refractivity contribution in [3.8, 4) is 0 Å². The maximum atomic E-state index is 12.5. The third-order valence-electron chi connectivity index (χ3n) is 3.78. The zero-order valence-corrected chi connectivity index (χ0v) is 13.1. The van der Waals surface area contributed by atoms with Crippen LogP contribution in [0.15, 0.2) is 29.1 Å². The van der Waals surface area contributed by atoms with E-state index in [9.17, 15) is 4.79 Å². The molecule has 0 aliphatic heterocycles. The maximum absolute atomic E-state index is 12.5. The molecule has 0 fully saturated rings. The lowest BCUT2D eigenvalue weighted by atomic mass is 10.1. The standard InChI is InChI=1S/C16H17N3OS/c1-10-11(2)18-15-5-4-12(6-14(10)15)16(20)19(3)7-13-8-21-9-17-13/h4-6,8-9,18H,7H2,1-3H3. The number of amides is 1. The summed E-state index contributed by atoms with van der Waals surface area (Å²) >= 11 is 1.54. The summed E-state index contributed by atoms with van der Waals surface area (Å²) in [5.74, 6) is 0.0168. The summed E-state index contributed by atoms with van der Waals surface area (Å²) < 4.78 is 0. The molecule has 1 aromatic carbocycles. The van der Waals surface area contributed by atoms with Gasteiger partial charge in [0.15, 0.2) is 0 Å². The second kappa shape index (κ2) is 5.33. The number of hydrogen-bond acceptors (Lipinski definition) is 3. The SMILES string of the molecule is Cc1[nH]c2ccc(C(=O)N(C)Cc3cscn3)cc2c1C. The van der Waals surface area contributed by atoms with Gasteiger partial charge in [0, 0.05) is 34.6 Å². The fraction of sp³-hybridized carbons (Fsp3) is 0.250. The van der Waals surface area contributed by atoms with Crippen LogP contribution >= 0.6 is 11.3 Å². The molecule has 0 saturated carbocycles. The zero-order valence-electron chi connectivity index (χ0n) is 12.3. The van der Waals surface area contributed by atoms with Gasteiger partial charge >= 0.3 is 0 Å². The molecule has 2 heterocycles. The molecule has 4 nitrogen and oxygen atoms in total. The van der Waals surface area contributed by atoms with Crippen LogP contribution in [-0.2, 0) is 6.54 Å². The summed E-state index contributed by atoms with van der Waals surface area (Å²) in [5.41, 5.74) is 6.83. The van der Waals surface area contributed by atoms with Crippen molar-refractivity contribution in [3.05, 3.63) is 51.6 Å². The largest absolute Gasteiger partial charge is 0.358 e. The fourth-order valence-corrected chi connectivity index (χ4v) is 2.99. The van der Waals surface area contributed by atoms with Crippen LogP contribution in [0.2, 0.25) is 0 Å². The van der Waals surface area contributed by atoms with Gasteiger partial charge in [0.1, 0.15) is 0 Å². The van der Waals surface area contributed by atoms with E-state index >= 15 is 0 Å². The second-order valence-corrected chi connectivity index (χ2v) is 6.00. The van der Waals surface area contributed by atoms with E-state index < -0.39 is 0 Å². The molecule has 0 unspecified atom stereocenters. The lowest BCUT2D eigenvalue weighted by Crippen LogP contribution is -2.26. The number of hydrogen-bond donors (Lipinski definition) is 1. The van der Waals surface area contributed by atoms with Crippen LogP contribution < -0.4 is 0 Å². The summed E-state index contributed by atoms with van der Waals surface area (Å²) in [6.07, 6.45) is 0. The third kappa shape index (κ3) is 2.56. The number of rotatable bonds is 3. The van der Waals surface area contributed by atoms with Crippen LogP contribution in [0.4, 0.5) is 0 Å². The first kappa shape index (κ1) is 13.8. The Hall–Kier alpha value is -2.14. The molecule has 3 aromatic rings. The Bertz CT molecular complexity index is 789. The van der Waals surface area contributed by atoms with E-state index in [4.69, 9.17) is 0 Å². The lowest BCUT2D eigenvalue weighted by molar-refractivity contribution is 0.0784. The maximum Gasteiger partial charge on any atom is 0.253 e. The molecule has 2 aromatic heterocycles. The van der Waals surface area contributed by atoms with E-state index in [2.05, 4.69) is 16.9 Å². The molecule has 1 N–H and O–H groups in total. The van der Waals surface area contributed by atoms with E-state index in [-0.39, 0.29) is 5.91 Å². The number of aromatic nitrogens is 2. The van der Waals surface area contributed by atoms with Crippen molar-refractivity contribution < 1.29 is 4.79 Å². The minimum absolute atomic E-state index is 0.0168. The average molecular weight is 299 g/mol. The van der Waals surface area contributed by atoms with E-state index in [1.807, 2.05) is 30.5 Å². The molecule has 0 aliphatic carbocycles. The van der Waals surface area contributed by atoms with Crippen LogP contribution in [-0.4, -0.2) is 27.8 Å². The predicted molar refractivity (Wildman–Crippen MR) is 85.7 cm³/mol. The summed E-state index contributed by atoms with van der Waals surface area (Å²) in [6, 6.07) is 5.81. The Morgan fingerprint density at radius 3 is 2.90 bits per heavy atom. The van der Waals surface area contributed by atoms with E-state index in [1.165, 1.54) is 5.56 Å². The van der Waals surface area contributed by atoms with E-state index in [0.717, 1.165) is 22.3 Å². The van der Waals surface area contributed by atoms with Gasteiger partial charge in [-0.1, -0.05) is 0 Å². The summed E-state index contributed by atoms with van der Waals surface area (Å²) in [4.78, 5) is 21.8. The topological polar surface area (TPSA) is 49.0 Å². The van der Waals surface area contributed by atoms with Crippen molar-refractivity contribution in [2.24, 2.45) is 0 Å². The van der Waals surface area contributed by atoms with Crippen molar-refractivity contribution in [1.29, 1.82) is 0 Å². The van der Waals surface area contributed by atoms with Gasteiger partial charge in [0.2, 0.25) is 0 Å². The first-order valence-corrected chi connectivity index (χ1v) is 7.72. The summed E-state index contributed by atoms with van der Waals surface area (Å²) in [6.45, 7) is 4.65. The van der Waals surface area contributed by atoms with Gasteiger partial charge in [0.05, 0.1) is 17.7 Å². The quantitative estimate of drug-likeness (QED) is 0.804. The van der Waals surface area contributed by atoms with Crippen molar-refractivity contribution in [3.63, 3.8) is 0 Å². The molecule has 0 bridgehead atoms. The average Bonchev–Trinajstić information content (AvgIpc) is 3.07. The van der Waals surface area contributed by atoms with Crippen LogP contribution in [0.3, 0.4) is 0 Å². The van der Waals surface area contributed by atoms with Gasteiger partial charge in [-0.25, -0.2) is 4.98 Å².